The molecule has 542 valence electrons. The lowest BCUT2D eigenvalue weighted by molar-refractivity contribution is 0.239. The van der Waals surface area contributed by atoms with E-state index in [2.05, 4.69) is 92.8 Å². The molecule has 13 aromatic rings. The van der Waals surface area contributed by atoms with Gasteiger partial charge in [-0.05, 0) is 135 Å². The number of H-pyrrole nitrogens is 1. The van der Waals surface area contributed by atoms with Crippen molar-refractivity contribution in [2.24, 2.45) is 0 Å². The van der Waals surface area contributed by atoms with Gasteiger partial charge < -0.3 is 47.5 Å². The van der Waals surface area contributed by atoms with Crippen LogP contribution in [0.25, 0.3) is 78.2 Å². The number of benzene rings is 5. The largest absolute Gasteiger partial charge is 0.356 e. The molecule has 4 aliphatic heterocycles. The SMILES string of the molecule is CC1=C(c2nc(-c3ccc(C#N)cc3)cs2)C(c2cc3ccccc3[nH]2)NC(=O)N1.CC1=C(c2nc(-c3ccc(C#N)cc3)cs2)C(c2ccccn2)NC(=O)N1.CC1=C(c2nc(-c3ccc(C#N)cc3)cs2)C(c2cccnc2)NC(=O)N1.CC1=C(c2nc(-c3ccc(C#N)cc3)cs2)C(c2ccncc2)NC(=O)N1. The number of urea groups is 4. The number of para-hydroxylation sites is 1. The third kappa shape index (κ3) is 16.6. The van der Waals surface area contributed by atoms with E-state index in [0.29, 0.717) is 22.3 Å². The fraction of sp³-hybridized carbons (Fsp3) is 0.0964. The third-order valence-corrected chi connectivity index (χ3v) is 21.7. The average molecular weight is 1530 g/mol. The van der Waals surface area contributed by atoms with Crippen molar-refractivity contribution in [3.63, 3.8) is 0 Å². The Morgan fingerprint density at radius 3 is 1.11 bits per heavy atom. The summed E-state index contributed by atoms with van der Waals surface area (Å²) in [6.07, 6.45) is 8.58. The van der Waals surface area contributed by atoms with Crippen LogP contribution in [-0.2, 0) is 0 Å². The molecule has 9 N–H and O–H groups in total. The van der Waals surface area contributed by atoms with E-state index in [-0.39, 0.29) is 48.3 Å². The second kappa shape index (κ2) is 33.2. The van der Waals surface area contributed by atoms with E-state index >= 15 is 0 Å². The van der Waals surface area contributed by atoms with Crippen molar-refractivity contribution in [2.45, 2.75) is 51.9 Å². The van der Waals surface area contributed by atoms with Gasteiger partial charge in [-0.3, -0.25) is 15.0 Å². The number of hydrogen-bond acceptors (Lipinski definition) is 19. The van der Waals surface area contributed by atoms with E-state index in [1.807, 2.05) is 164 Å². The van der Waals surface area contributed by atoms with Crippen molar-refractivity contribution >= 4 is 103 Å². The Hall–Kier alpha value is -14.4. The first kappa shape index (κ1) is 73.5. The molecule has 28 heteroatoms. The van der Waals surface area contributed by atoms with Gasteiger partial charge in [-0.15, -0.1) is 45.3 Å². The van der Waals surface area contributed by atoms with Crippen molar-refractivity contribution < 1.29 is 19.2 Å². The Morgan fingerprint density at radius 1 is 0.360 bits per heavy atom. The van der Waals surface area contributed by atoms with Crippen LogP contribution < -0.4 is 42.5 Å². The molecule has 24 nitrogen and oxygen atoms in total. The number of carbonyl (C=O) groups excluding carboxylic acids is 4. The number of hydrogen-bond donors (Lipinski definition) is 9. The minimum atomic E-state index is -0.361. The summed E-state index contributed by atoms with van der Waals surface area (Å²) >= 11 is 6.09. The molecule has 4 aliphatic rings. The number of nitrogens with zero attached hydrogens (tertiary/aromatic N) is 11. The highest BCUT2D eigenvalue weighted by Gasteiger charge is 2.35. The second-order valence-electron chi connectivity index (χ2n) is 25.3. The van der Waals surface area contributed by atoms with Gasteiger partial charge in [0, 0.05) is 131 Å². The van der Waals surface area contributed by atoms with Crippen molar-refractivity contribution in [3.8, 4) is 69.3 Å². The monoisotopic (exact) mass is 1530 g/mol. The highest BCUT2D eigenvalue weighted by Crippen LogP contribution is 2.42. The normalized spacial score (nSPS) is 16.4. The Balaban J connectivity index is 0.000000123. The summed E-state index contributed by atoms with van der Waals surface area (Å²) in [5, 5.41) is 71.4. The van der Waals surface area contributed by atoms with Gasteiger partial charge in [0.25, 0.3) is 0 Å². The first-order valence-corrected chi connectivity index (χ1v) is 37.9. The number of allylic oxidation sites excluding steroid dienone is 4. The quantitative estimate of drug-likeness (QED) is 0.0549. The van der Waals surface area contributed by atoms with Crippen molar-refractivity contribution in [1.82, 2.24) is 82.4 Å². The molecule has 5 aromatic carbocycles. The van der Waals surface area contributed by atoms with E-state index in [1.54, 1.807) is 79.5 Å². The fourth-order valence-electron chi connectivity index (χ4n) is 12.7. The maximum atomic E-state index is 12.2. The molecule has 8 amide bonds. The fourth-order valence-corrected chi connectivity index (χ4v) is 16.6. The van der Waals surface area contributed by atoms with Gasteiger partial charge >= 0.3 is 24.1 Å². The summed E-state index contributed by atoms with van der Waals surface area (Å²) in [7, 11) is 0. The lowest BCUT2D eigenvalue weighted by Gasteiger charge is -2.28. The van der Waals surface area contributed by atoms with Gasteiger partial charge in [-0.25, -0.2) is 39.1 Å². The molecule has 0 bridgehead atoms. The smallest absolute Gasteiger partial charge is 0.319 e. The predicted octanol–water partition coefficient (Wildman–Crippen LogP) is 16.5. The van der Waals surface area contributed by atoms with E-state index in [9.17, 15) is 19.2 Å². The predicted molar refractivity (Wildman–Crippen MR) is 428 cm³/mol. The molecule has 8 aromatic heterocycles. The number of carbonyl (C=O) groups is 4. The van der Waals surface area contributed by atoms with E-state index in [0.717, 1.165) is 144 Å². The molecule has 17 rings (SSSR count). The summed E-state index contributed by atoms with van der Waals surface area (Å²) < 4.78 is 0. The van der Waals surface area contributed by atoms with Crippen LogP contribution in [0.3, 0.4) is 0 Å². The van der Waals surface area contributed by atoms with Gasteiger partial charge in [0.15, 0.2) is 0 Å². The van der Waals surface area contributed by atoms with Crippen LogP contribution in [0.2, 0.25) is 0 Å². The minimum absolute atomic E-state index is 0.233. The van der Waals surface area contributed by atoms with Gasteiger partial charge in [0.1, 0.15) is 32.1 Å². The number of nitriles is 4. The number of pyridine rings is 3. The molecule has 4 unspecified atom stereocenters. The standard InChI is InChI=1S/C23H17N5OS.3C20H15N5OS/c1-13-20(22-27-19(12-30-22)15-8-6-14(11-24)7-9-15)21(28-23(29)25-13)18-10-16-4-2-3-5-17(16)26-18;1-12-17(18(25-20(26)23-12)15-6-8-22-9-7-15)19-24-16(11-27-19)14-4-2-13(10-21)3-5-14;1-12-17(18(25-20(26)23-12)15-3-2-8-22-10-15)19-24-16(11-27-19)14-6-4-13(9-21)5-7-14;1-12-17(18(25-20(26)23-12)15-4-2-3-9-22-15)19-24-16(11-27-19)14-7-5-13(10-21)6-8-14/h2-10,12,21,26H,1H3,(H2,25,28,29);2-9,11,18H,1H3,(H2,23,25,26);2-8,10-11,18H,1H3,(H2,23,25,26);2-9,11,18H,1H3,(H2,23,25,26). The first-order chi connectivity index (χ1) is 54.1. The van der Waals surface area contributed by atoms with Gasteiger partial charge in [-0.1, -0.05) is 78.9 Å². The summed E-state index contributed by atoms with van der Waals surface area (Å²) in [6.45, 7) is 7.52. The van der Waals surface area contributed by atoms with Crippen LogP contribution in [0.4, 0.5) is 19.2 Å². The summed E-state index contributed by atoms with van der Waals surface area (Å²) in [5.74, 6) is 0. The molecular weight excluding hydrogens is 1470 g/mol. The van der Waals surface area contributed by atoms with Crippen molar-refractivity contribution in [3.05, 3.63) is 310 Å². The molecular formula is C83H62N20O4S4. The molecule has 111 heavy (non-hydrogen) atoms. The van der Waals surface area contributed by atoms with Crippen molar-refractivity contribution in [1.29, 1.82) is 21.0 Å². The maximum Gasteiger partial charge on any atom is 0.319 e. The highest BCUT2D eigenvalue weighted by atomic mass is 32.1. The highest BCUT2D eigenvalue weighted by molar-refractivity contribution is 7.12. The second-order valence-corrected chi connectivity index (χ2v) is 28.8. The van der Waals surface area contributed by atoms with E-state index in [1.165, 1.54) is 45.3 Å². The Morgan fingerprint density at radius 2 is 0.730 bits per heavy atom. The van der Waals surface area contributed by atoms with Crippen LogP contribution in [0.15, 0.2) is 245 Å². The zero-order valence-electron chi connectivity index (χ0n) is 59.4. The number of aromatic amines is 1. The third-order valence-electron chi connectivity index (χ3n) is 18.2. The topological polar surface area (TPSA) is 366 Å². The lowest BCUT2D eigenvalue weighted by Crippen LogP contribution is -2.43. The molecule has 4 atom stereocenters. The zero-order chi connectivity index (χ0) is 77.1. The van der Waals surface area contributed by atoms with Crippen LogP contribution in [0, 0.1) is 45.3 Å². The number of rotatable bonds is 12. The minimum Gasteiger partial charge on any atom is -0.356 e. The lowest BCUT2D eigenvalue weighted by atomic mass is 9.97. The molecule has 0 aliphatic carbocycles. The Bertz CT molecular complexity index is 5550. The zero-order valence-corrected chi connectivity index (χ0v) is 62.6. The molecule has 0 fully saturated rings. The first-order valence-electron chi connectivity index (χ1n) is 34.4. The molecule has 0 saturated carbocycles. The summed E-state index contributed by atoms with van der Waals surface area (Å²) in [5.41, 5.74) is 20.9. The summed E-state index contributed by atoms with van der Waals surface area (Å²) in [4.78, 5) is 83.4. The molecule has 0 saturated heterocycles. The van der Waals surface area contributed by atoms with Crippen LogP contribution in [0.1, 0.15) is 117 Å². The van der Waals surface area contributed by atoms with Gasteiger partial charge in [0.2, 0.25) is 0 Å². The van der Waals surface area contributed by atoms with Crippen molar-refractivity contribution in [2.75, 3.05) is 0 Å². The van der Waals surface area contributed by atoms with Gasteiger partial charge in [0.05, 0.1) is 87.1 Å². The molecule has 0 spiro atoms. The van der Waals surface area contributed by atoms with E-state index in [4.69, 9.17) is 41.0 Å². The number of nitrogens with one attached hydrogen (secondary N) is 9. The van der Waals surface area contributed by atoms with Gasteiger partial charge in [-0.2, -0.15) is 21.0 Å². The number of fused-ring (bicyclic) bond motifs is 1. The maximum absolute atomic E-state index is 12.2. The van der Waals surface area contributed by atoms with Crippen LogP contribution in [-0.4, -0.2) is 64.0 Å². The molecule has 12 heterocycles. The number of amides is 8. The van der Waals surface area contributed by atoms with E-state index < -0.39 is 0 Å². The van der Waals surface area contributed by atoms with Crippen LogP contribution >= 0.6 is 45.3 Å². The average Bonchev–Trinajstić information content (AvgIpc) is 1.71. The number of thiazole rings is 4. The molecule has 0 radical (unpaired) electrons. The van der Waals surface area contributed by atoms with Crippen LogP contribution in [0.5, 0.6) is 0 Å². The number of aromatic nitrogens is 8. The Labute approximate surface area is 652 Å². The Kier molecular flexibility index (Phi) is 22.0. The summed E-state index contributed by atoms with van der Waals surface area (Å²) in [6, 6.07) is 58.9.